The highest BCUT2D eigenvalue weighted by atomic mass is 16.5. The van der Waals surface area contributed by atoms with Gasteiger partial charge in [-0.1, -0.05) is 26.0 Å². The average molecular weight is 305 g/mol. The largest absolute Gasteiger partial charge is 0.490 e. The van der Waals surface area contributed by atoms with Crippen LogP contribution < -0.4 is 4.74 Å². The summed E-state index contributed by atoms with van der Waals surface area (Å²) in [6.45, 7) is 9.74. The fourth-order valence-corrected chi connectivity index (χ4v) is 3.19. The molecule has 122 valence electrons. The van der Waals surface area contributed by atoms with Crippen molar-refractivity contribution in [2.24, 2.45) is 11.8 Å². The number of carbonyl (C=O) groups excluding carboxylic acids is 1. The molecule has 1 aliphatic rings. The average Bonchev–Trinajstić information content (AvgIpc) is 2.50. The van der Waals surface area contributed by atoms with E-state index >= 15 is 0 Å². The van der Waals surface area contributed by atoms with E-state index in [0.29, 0.717) is 24.5 Å². The second kappa shape index (κ2) is 8.91. The topological polar surface area (TPSA) is 38.8 Å². The highest BCUT2D eigenvalue weighted by Crippen LogP contribution is 2.20. The Balaban J connectivity index is 1.59. The van der Waals surface area contributed by atoms with E-state index in [1.54, 1.807) is 12.1 Å². The van der Waals surface area contributed by atoms with Crippen LogP contribution >= 0.6 is 0 Å². The Kier molecular flexibility index (Phi) is 6.87. The molecule has 1 saturated heterocycles. The molecule has 1 aliphatic heterocycles. The lowest BCUT2D eigenvalue weighted by molar-refractivity contribution is 0.0593. The first-order chi connectivity index (χ1) is 10.7. The summed E-state index contributed by atoms with van der Waals surface area (Å²) in [5, 5.41) is 0. The molecule has 1 fully saturated rings. The number of hydrogen-bond donors (Lipinski definition) is 0. The maximum Gasteiger partial charge on any atom is 0.153 e. The zero-order valence-corrected chi connectivity index (χ0v) is 13.7. The standard InChI is InChI=1S/C18H27NO3/c1-15-11-16(2)13-19(12-15)7-8-21-9-10-22-18-6-4-3-5-17(18)14-20/h3-6,14-16H,7-13H2,1-2H3. The quantitative estimate of drug-likeness (QED) is 0.547. The van der Waals surface area contributed by atoms with Crippen molar-refractivity contribution in [3.8, 4) is 5.75 Å². The molecule has 0 aromatic heterocycles. The summed E-state index contributed by atoms with van der Waals surface area (Å²) in [5.74, 6) is 2.19. The van der Waals surface area contributed by atoms with Crippen LogP contribution in [0, 0.1) is 11.8 Å². The Labute approximate surface area is 133 Å². The van der Waals surface area contributed by atoms with Crippen LogP contribution in [-0.4, -0.2) is 50.6 Å². The molecule has 0 saturated carbocycles. The van der Waals surface area contributed by atoms with Gasteiger partial charge in [0.05, 0.1) is 18.8 Å². The third-order valence-corrected chi connectivity index (χ3v) is 4.03. The van der Waals surface area contributed by atoms with E-state index in [-0.39, 0.29) is 0 Å². The number of nitrogens with zero attached hydrogens (tertiary/aromatic N) is 1. The molecule has 22 heavy (non-hydrogen) atoms. The minimum Gasteiger partial charge on any atom is -0.490 e. The molecule has 0 radical (unpaired) electrons. The van der Waals surface area contributed by atoms with Crippen LogP contribution in [0.3, 0.4) is 0 Å². The molecule has 0 N–H and O–H groups in total. The van der Waals surface area contributed by atoms with Crippen LogP contribution in [-0.2, 0) is 4.74 Å². The highest BCUT2D eigenvalue weighted by Gasteiger charge is 2.21. The van der Waals surface area contributed by atoms with E-state index in [1.165, 1.54) is 19.5 Å². The Morgan fingerprint density at radius 1 is 1.14 bits per heavy atom. The SMILES string of the molecule is CC1CC(C)CN(CCOCCOc2ccccc2C=O)C1. The van der Waals surface area contributed by atoms with Crippen molar-refractivity contribution in [2.75, 3.05) is 39.5 Å². The third-order valence-electron chi connectivity index (χ3n) is 4.03. The van der Waals surface area contributed by atoms with Gasteiger partial charge in [0.1, 0.15) is 12.4 Å². The van der Waals surface area contributed by atoms with E-state index < -0.39 is 0 Å². The maximum absolute atomic E-state index is 10.9. The van der Waals surface area contributed by atoms with E-state index in [2.05, 4.69) is 18.7 Å². The molecular formula is C18H27NO3. The molecule has 0 bridgehead atoms. The van der Waals surface area contributed by atoms with E-state index in [9.17, 15) is 4.79 Å². The van der Waals surface area contributed by atoms with Gasteiger partial charge < -0.3 is 14.4 Å². The molecule has 2 atom stereocenters. The highest BCUT2D eigenvalue weighted by molar-refractivity contribution is 5.79. The van der Waals surface area contributed by atoms with Gasteiger partial charge >= 0.3 is 0 Å². The van der Waals surface area contributed by atoms with Crippen molar-refractivity contribution in [2.45, 2.75) is 20.3 Å². The number of benzene rings is 1. The third kappa shape index (κ3) is 5.43. The fourth-order valence-electron chi connectivity index (χ4n) is 3.19. The molecular weight excluding hydrogens is 278 g/mol. The minimum absolute atomic E-state index is 0.470. The number of aldehydes is 1. The first kappa shape index (κ1) is 17.0. The predicted molar refractivity (Wildman–Crippen MR) is 87.5 cm³/mol. The molecule has 0 aliphatic carbocycles. The van der Waals surface area contributed by atoms with Crippen molar-refractivity contribution < 1.29 is 14.3 Å². The van der Waals surface area contributed by atoms with Gasteiger partial charge in [0.2, 0.25) is 0 Å². The first-order valence-corrected chi connectivity index (χ1v) is 8.16. The monoisotopic (exact) mass is 305 g/mol. The maximum atomic E-state index is 10.9. The van der Waals surface area contributed by atoms with Gasteiger partial charge in [0.15, 0.2) is 6.29 Å². The Morgan fingerprint density at radius 2 is 1.86 bits per heavy atom. The Hall–Kier alpha value is -1.39. The Morgan fingerprint density at radius 3 is 2.59 bits per heavy atom. The molecule has 0 spiro atoms. The van der Waals surface area contributed by atoms with Gasteiger partial charge in [-0.2, -0.15) is 0 Å². The predicted octanol–water partition coefficient (Wildman–Crippen LogP) is 2.87. The molecule has 4 nitrogen and oxygen atoms in total. The van der Waals surface area contributed by atoms with Crippen LogP contribution in [0.5, 0.6) is 5.75 Å². The number of carbonyl (C=O) groups is 1. The second-order valence-corrected chi connectivity index (χ2v) is 6.32. The number of para-hydroxylation sites is 1. The summed E-state index contributed by atoms with van der Waals surface area (Å²) in [6.07, 6.45) is 2.15. The van der Waals surface area contributed by atoms with Crippen molar-refractivity contribution in [3.05, 3.63) is 29.8 Å². The molecule has 4 heteroatoms. The minimum atomic E-state index is 0.470. The lowest BCUT2D eigenvalue weighted by Gasteiger charge is -2.34. The van der Waals surface area contributed by atoms with Gasteiger partial charge in [-0.05, 0) is 30.4 Å². The molecule has 1 aromatic carbocycles. The van der Waals surface area contributed by atoms with E-state index in [4.69, 9.17) is 9.47 Å². The number of likely N-dealkylation sites (tertiary alicyclic amines) is 1. The summed E-state index contributed by atoms with van der Waals surface area (Å²) in [7, 11) is 0. The second-order valence-electron chi connectivity index (χ2n) is 6.32. The van der Waals surface area contributed by atoms with Gasteiger partial charge in [-0.3, -0.25) is 4.79 Å². The molecule has 2 rings (SSSR count). The van der Waals surface area contributed by atoms with Crippen LogP contribution in [0.4, 0.5) is 0 Å². The summed E-state index contributed by atoms with van der Waals surface area (Å²) in [4.78, 5) is 13.4. The van der Waals surface area contributed by atoms with Crippen molar-refractivity contribution in [3.63, 3.8) is 0 Å². The van der Waals surface area contributed by atoms with E-state index in [0.717, 1.165) is 31.3 Å². The van der Waals surface area contributed by atoms with Gasteiger partial charge in [-0.25, -0.2) is 0 Å². The number of ether oxygens (including phenoxy) is 2. The summed E-state index contributed by atoms with van der Waals surface area (Å²) in [6, 6.07) is 7.25. The molecule has 1 heterocycles. The van der Waals surface area contributed by atoms with Crippen molar-refractivity contribution in [1.82, 2.24) is 4.90 Å². The van der Waals surface area contributed by atoms with Crippen molar-refractivity contribution in [1.29, 1.82) is 0 Å². The summed E-state index contributed by atoms with van der Waals surface area (Å²) >= 11 is 0. The summed E-state index contributed by atoms with van der Waals surface area (Å²) < 4.78 is 11.2. The fraction of sp³-hybridized carbons (Fsp3) is 0.611. The molecule has 0 amide bonds. The van der Waals surface area contributed by atoms with Crippen LogP contribution in [0.25, 0.3) is 0 Å². The normalized spacial score (nSPS) is 22.5. The molecule has 2 unspecified atom stereocenters. The van der Waals surface area contributed by atoms with Crippen LogP contribution in [0.1, 0.15) is 30.6 Å². The number of rotatable bonds is 8. The van der Waals surface area contributed by atoms with Gasteiger partial charge in [-0.15, -0.1) is 0 Å². The first-order valence-electron chi connectivity index (χ1n) is 8.16. The number of hydrogen-bond acceptors (Lipinski definition) is 4. The zero-order valence-electron chi connectivity index (χ0n) is 13.7. The zero-order chi connectivity index (χ0) is 15.8. The molecule has 1 aromatic rings. The van der Waals surface area contributed by atoms with E-state index in [1.807, 2.05) is 12.1 Å². The number of piperidine rings is 1. The van der Waals surface area contributed by atoms with Crippen LogP contribution in [0.2, 0.25) is 0 Å². The lowest BCUT2D eigenvalue weighted by Crippen LogP contribution is -2.40. The smallest absolute Gasteiger partial charge is 0.153 e. The lowest BCUT2D eigenvalue weighted by atomic mass is 9.92. The van der Waals surface area contributed by atoms with Crippen molar-refractivity contribution >= 4 is 6.29 Å². The van der Waals surface area contributed by atoms with Gasteiger partial charge in [0.25, 0.3) is 0 Å². The summed E-state index contributed by atoms with van der Waals surface area (Å²) in [5.41, 5.74) is 0.582. The Bertz CT molecular complexity index is 453. The van der Waals surface area contributed by atoms with Gasteiger partial charge in [0, 0.05) is 19.6 Å². The van der Waals surface area contributed by atoms with Crippen LogP contribution in [0.15, 0.2) is 24.3 Å².